The molecule has 276 valence electrons. The molecule has 0 fully saturated rings. The highest BCUT2D eigenvalue weighted by Crippen LogP contribution is 2.20. The molecule has 4 atom stereocenters. The minimum Gasteiger partial charge on any atom is -0.368 e. The molecule has 5 aromatic rings. The highest BCUT2D eigenvalue weighted by molar-refractivity contribution is 6.38. The van der Waals surface area contributed by atoms with Crippen LogP contribution in [0.15, 0.2) is 133 Å². The zero-order valence-electron chi connectivity index (χ0n) is 29.9. The van der Waals surface area contributed by atoms with Crippen molar-refractivity contribution in [2.24, 2.45) is 5.73 Å². The summed E-state index contributed by atoms with van der Waals surface area (Å²) < 4.78 is 0. The summed E-state index contributed by atoms with van der Waals surface area (Å²) in [6.45, 7) is 1.35. The molecule has 6 N–H and O–H groups in total. The van der Waals surface area contributed by atoms with Crippen molar-refractivity contribution in [3.63, 3.8) is 0 Å². The molecule has 4 unspecified atom stereocenters. The average molecular weight is 726 g/mol. The first-order valence-corrected chi connectivity index (χ1v) is 17.7. The number of nitrogens with two attached hydrogens (primary N) is 1. The van der Waals surface area contributed by atoms with Crippen molar-refractivity contribution in [2.75, 3.05) is 0 Å². The topological polar surface area (TPSA) is 177 Å². The largest absolute Gasteiger partial charge is 0.368 e. The standard InChI is InChI=1S/C43H43N5O6/c1-28(45-41(52)36(24-29-14-5-2-6-15-29)46-38(49)26-31-18-9-4-10-19-31)39(50)43(54)48-37(25-30-16-7-3-8-17-30)42(53)47-35(40(44)51)27-33-22-13-21-32-20-11-12-23-34(32)33/h2-23,28,35-37H,24-27H2,1H3,(H2,44,51)(H,45,52)(H,46,49)(H,47,53)(H,48,54). The first-order chi connectivity index (χ1) is 26.1. The Morgan fingerprint density at radius 3 is 1.61 bits per heavy atom. The van der Waals surface area contributed by atoms with Gasteiger partial charge in [0.25, 0.3) is 5.91 Å². The lowest BCUT2D eigenvalue weighted by molar-refractivity contribution is -0.141. The van der Waals surface area contributed by atoms with Crippen LogP contribution in [0.3, 0.4) is 0 Å². The van der Waals surface area contributed by atoms with E-state index in [2.05, 4.69) is 21.3 Å². The van der Waals surface area contributed by atoms with Crippen molar-refractivity contribution in [1.82, 2.24) is 21.3 Å². The lowest BCUT2D eigenvalue weighted by Crippen LogP contribution is -2.57. The van der Waals surface area contributed by atoms with Gasteiger partial charge in [0, 0.05) is 19.3 Å². The van der Waals surface area contributed by atoms with Gasteiger partial charge < -0.3 is 27.0 Å². The minimum absolute atomic E-state index is 0.00121. The van der Waals surface area contributed by atoms with E-state index in [1.54, 1.807) is 42.5 Å². The summed E-state index contributed by atoms with van der Waals surface area (Å²) in [5.74, 6) is -4.66. The summed E-state index contributed by atoms with van der Waals surface area (Å²) in [5, 5.41) is 12.4. The number of benzene rings is 5. The zero-order valence-corrected chi connectivity index (χ0v) is 29.9. The summed E-state index contributed by atoms with van der Waals surface area (Å²) in [4.78, 5) is 79.7. The number of carbonyl (C=O) groups is 6. The van der Waals surface area contributed by atoms with E-state index in [0.717, 1.165) is 27.5 Å². The van der Waals surface area contributed by atoms with E-state index in [0.29, 0.717) is 5.56 Å². The molecule has 0 aliphatic rings. The van der Waals surface area contributed by atoms with Gasteiger partial charge in [0.15, 0.2) is 0 Å². The Morgan fingerprint density at radius 1 is 0.519 bits per heavy atom. The summed E-state index contributed by atoms with van der Waals surface area (Å²) in [7, 11) is 0. The predicted octanol–water partition coefficient (Wildman–Crippen LogP) is 3.12. The first kappa shape index (κ1) is 38.6. The van der Waals surface area contributed by atoms with Crippen LogP contribution < -0.4 is 27.0 Å². The molecule has 54 heavy (non-hydrogen) atoms. The van der Waals surface area contributed by atoms with Crippen LogP contribution in [-0.4, -0.2) is 59.5 Å². The molecular weight excluding hydrogens is 683 g/mol. The maximum atomic E-state index is 13.8. The summed E-state index contributed by atoms with van der Waals surface area (Å²) >= 11 is 0. The molecule has 11 heteroatoms. The molecular formula is C43H43N5O6. The van der Waals surface area contributed by atoms with Crippen LogP contribution >= 0.6 is 0 Å². The summed E-state index contributed by atoms with van der Waals surface area (Å²) in [6, 6.07) is 35.5. The Kier molecular flexibility index (Phi) is 13.4. The van der Waals surface area contributed by atoms with Crippen LogP contribution in [0.4, 0.5) is 0 Å². The van der Waals surface area contributed by atoms with Gasteiger partial charge in [-0.25, -0.2) is 0 Å². The monoisotopic (exact) mass is 725 g/mol. The second-order valence-corrected chi connectivity index (χ2v) is 13.1. The van der Waals surface area contributed by atoms with Crippen molar-refractivity contribution >= 4 is 46.1 Å². The molecule has 0 bridgehead atoms. The third-order valence-corrected chi connectivity index (χ3v) is 8.99. The molecule has 0 saturated carbocycles. The van der Waals surface area contributed by atoms with Crippen molar-refractivity contribution in [2.45, 2.75) is 56.8 Å². The molecule has 11 nitrogen and oxygen atoms in total. The maximum absolute atomic E-state index is 13.8. The second-order valence-electron chi connectivity index (χ2n) is 13.1. The highest BCUT2D eigenvalue weighted by Gasteiger charge is 2.32. The molecule has 0 aliphatic heterocycles. The second kappa shape index (κ2) is 18.7. The molecule has 0 heterocycles. The first-order valence-electron chi connectivity index (χ1n) is 17.7. The molecule has 0 radical (unpaired) electrons. The average Bonchev–Trinajstić information content (AvgIpc) is 3.18. The fourth-order valence-electron chi connectivity index (χ4n) is 6.14. The van der Waals surface area contributed by atoms with Crippen LogP contribution in [0.2, 0.25) is 0 Å². The molecule has 0 saturated heterocycles. The van der Waals surface area contributed by atoms with Gasteiger partial charge in [-0.1, -0.05) is 133 Å². The normalized spacial score (nSPS) is 13.1. The Morgan fingerprint density at radius 2 is 1.02 bits per heavy atom. The van der Waals surface area contributed by atoms with Gasteiger partial charge >= 0.3 is 0 Å². The number of Topliss-reactive ketones (excluding diaryl/α,β-unsaturated/α-hetero) is 1. The van der Waals surface area contributed by atoms with Gasteiger partial charge in [0.2, 0.25) is 29.4 Å². The number of amides is 5. The molecule has 0 spiro atoms. The smallest absolute Gasteiger partial charge is 0.290 e. The van der Waals surface area contributed by atoms with Gasteiger partial charge in [0.1, 0.15) is 18.1 Å². The van der Waals surface area contributed by atoms with Crippen molar-refractivity contribution in [3.8, 4) is 0 Å². The van der Waals surface area contributed by atoms with E-state index in [1.165, 1.54) is 6.92 Å². The minimum atomic E-state index is -1.31. The molecule has 5 aromatic carbocycles. The van der Waals surface area contributed by atoms with E-state index in [4.69, 9.17) is 5.73 Å². The number of nitrogens with one attached hydrogen (secondary N) is 4. The van der Waals surface area contributed by atoms with Crippen molar-refractivity contribution in [1.29, 1.82) is 0 Å². The van der Waals surface area contributed by atoms with Gasteiger partial charge in [-0.05, 0) is 39.9 Å². The van der Waals surface area contributed by atoms with Crippen LogP contribution in [0, 0.1) is 0 Å². The number of rotatable bonds is 17. The molecule has 5 amide bonds. The Balaban J connectivity index is 1.27. The van der Waals surface area contributed by atoms with Crippen molar-refractivity contribution in [3.05, 3.63) is 156 Å². The van der Waals surface area contributed by atoms with Crippen LogP contribution in [0.25, 0.3) is 10.8 Å². The number of ketones is 1. The number of carbonyl (C=O) groups excluding carboxylic acids is 6. The zero-order chi connectivity index (χ0) is 38.5. The van der Waals surface area contributed by atoms with Gasteiger partial charge in [0.05, 0.1) is 12.5 Å². The number of fused-ring (bicyclic) bond motifs is 1. The van der Waals surface area contributed by atoms with Gasteiger partial charge in [-0.2, -0.15) is 0 Å². The summed E-state index contributed by atoms with van der Waals surface area (Å²) in [5.41, 5.74) is 8.77. The quantitative estimate of drug-likeness (QED) is 0.0921. The predicted molar refractivity (Wildman–Crippen MR) is 206 cm³/mol. The fourth-order valence-corrected chi connectivity index (χ4v) is 6.14. The van der Waals surface area contributed by atoms with E-state index >= 15 is 0 Å². The highest BCUT2D eigenvalue weighted by atomic mass is 16.2. The number of hydrogen-bond donors (Lipinski definition) is 5. The lowest BCUT2D eigenvalue weighted by atomic mass is 9.98. The summed E-state index contributed by atoms with van der Waals surface area (Å²) in [6.07, 6.45) is 0.278. The van der Waals surface area contributed by atoms with E-state index in [-0.39, 0.29) is 25.7 Å². The maximum Gasteiger partial charge on any atom is 0.290 e. The number of primary amides is 1. The SMILES string of the molecule is CC(NC(=O)C(Cc1ccccc1)NC(=O)Cc1ccccc1)C(=O)C(=O)NC(Cc1ccccc1)C(=O)NC(Cc1cccc2ccccc12)C(N)=O. The van der Waals surface area contributed by atoms with Gasteiger partial charge in [-0.3, -0.25) is 28.8 Å². The Bertz CT molecular complexity index is 2090. The van der Waals surface area contributed by atoms with Crippen molar-refractivity contribution < 1.29 is 28.8 Å². The Hall–Kier alpha value is -6.62. The van der Waals surface area contributed by atoms with E-state index < -0.39 is 59.5 Å². The lowest BCUT2D eigenvalue weighted by Gasteiger charge is -2.24. The third kappa shape index (κ3) is 10.9. The third-order valence-electron chi connectivity index (χ3n) is 8.99. The number of hydrogen-bond acceptors (Lipinski definition) is 6. The molecule has 5 rings (SSSR count). The van der Waals surface area contributed by atoms with E-state index in [9.17, 15) is 28.8 Å². The van der Waals surface area contributed by atoms with Crippen LogP contribution in [0.5, 0.6) is 0 Å². The van der Waals surface area contributed by atoms with E-state index in [1.807, 2.05) is 91.0 Å². The van der Waals surface area contributed by atoms with Gasteiger partial charge in [-0.15, -0.1) is 0 Å². The Labute approximate surface area is 313 Å². The molecule has 0 aliphatic carbocycles. The van der Waals surface area contributed by atoms with Crippen LogP contribution in [0.1, 0.15) is 29.2 Å². The van der Waals surface area contributed by atoms with Crippen LogP contribution in [-0.2, 0) is 54.5 Å². The molecule has 0 aromatic heterocycles. The fraction of sp³-hybridized carbons (Fsp3) is 0.209.